The van der Waals surface area contributed by atoms with Gasteiger partial charge >= 0.3 is 0 Å². The maximum absolute atomic E-state index is 13.1. The molecule has 36 heavy (non-hydrogen) atoms. The molecular formula is C25H25HfN7O2S. The van der Waals surface area contributed by atoms with E-state index in [1.165, 1.54) is 17.7 Å². The van der Waals surface area contributed by atoms with Crippen LogP contribution in [-0.4, -0.2) is 57.9 Å². The minimum absolute atomic E-state index is 0. The van der Waals surface area contributed by atoms with Gasteiger partial charge in [-0.3, -0.25) is 4.79 Å². The third-order valence-corrected chi connectivity index (χ3v) is 5.98. The molecule has 1 aromatic carbocycles. The van der Waals surface area contributed by atoms with Gasteiger partial charge in [-0.05, 0) is 17.7 Å². The molecule has 2 aromatic heterocycles. The van der Waals surface area contributed by atoms with E-state index in [2.05, 4.69) is 31.7 Å². The molecule has 0 spiro atoms. The molecule has 0 atom stereocenters. The van der Waals surface area contributed by atoms with Crippen LogP contribution in [0.2, 0.25) is 0 Å². The molecule has 1 aliphatic carbocycles. The van der Waals surface area contributed by atoms with Crippen molar-refractivity contribution in [2.75, 3.05) is 26.2 Å². The van der Waals surface area contributed by atoms with E-state index in [9.17, 15) is 4.79 Å². The quantitative estimate of drug-likeness (QED) is 0.125. The summed E-state index contributed by atoms with van der Waals surface area (Å²) in [7, 11) is 0. The number of aliphatic hydroxyl groups excluding tert-OH is 1. The molecule has 11 heteroatoms. The van der Waals surface area contributed by atoms with Gasteiger partial charge < -0.3 is 26.5 Å². The minimum atomic E-state index is -0.339. The van der Waals surface area contributed by atoms with Gasteiger partial charge in [0.15, 0.2) is 0 Å². The molecular weight excluding hydrogens is 641 g/mol. The first-order valence-electron chi connectivity index (χ1n) is 11.0. The SMILES string of the molecule is N=C1C=C(c2cc[c-]cc2)C(NC(=O)c2csc(-c3cncnc3)n2)=C/C1=C/[NH2+]CCNCCO.[Hf]. The van der Waals surface area contributed by atoms with Crippen LogP contribution in [0.5, 0.6) is 0 Å². The smallest absolute Gasteiger partial charge is 0.275 e. The number of rotatable bonds is 10. The van der Waals surface area contributed by atoms with Crippen molar-refractivity contribution in [3.05, 3.63) is 95.3 Å². The van der Waals surface area contributed by atoms with E-state index in [0.717, 1.165) is 29.8 Å². The molecule has 182 valence electrons. The van der Waals surface area contributed by atoms with Crippen LogP contribution in [0, 0.1) is 11.5 Å². The topological polar surface area (TPSA) is 140 Å². The fraction of sp³-hybridized carbons (Fsp3) is 0.160. The Balaban J connectivity index is 0.00000361. The number of nitrogens with one attached hydrogen (secondary N) is 3. The molecule has 0 saturated carbocycles. The first-order valence-corrected chi connectivity index (χ1v) is 11.9. The summed E-state index contributed by atoms with van der Waals surface area (Å²) in [6.45, 7) is 2.13. The van der Waals surface area contributed by atoms with Gasteiger partial charge in [-0.25, -0.2) is 15.0 Å². The summed E-state index contributed by atoms with van der Waals surface area (Å²) in [5, 5.41) is 27.8. The van der Waals surface area contributed by atoms with Gasteiger partial charge in [0.25, 0.3) is 5.91 Å². The van der Waals surface area contributed by atoms with Crippen molar-refractivity contribution in [1.82, 2.24) is 25.6 Å². The predicted molar refractivity (Wildman–Crippen MR) is 135 cm³/mol. The Morgan fingerprint density at radius 3 is 2.69 bits per heavy atom. The molecule has 6 N–H and O–H groups in total. The van der Waals surface area contributed by atoms with Crippen molar-refractivity contribution in [1.29, 1.82) is 5.41 Å². The third-order valence-electron chi connectivity index (χ3n) is 5.09. The minimum Gasteiger partial charge on any atom is -0.395 e. The molecule has 0 saturated heterocycles. The standard InChI is InChI=1S/C25H24N7O2S.Hf/c26-21-11-20(17-4-2-1-3-5-17)22(10-18(21)12-28-7-6-27-8-9-33)31-24(34)23-15-35-25(32-23)19-13-29-16-30-14-19;/h2-5,10-16,26-28,33H,6-9H2,(H,31,34);/q-1;/p+1/b18-12-,26-21?;. The van der Waals surface area contributed by atoms with E-state index in [-0.39, 0.29) is 38.4 Å². The monoisotopic (exact) mass is 667 g/mol. The maximum Gasteiger partial charge on any atom is 0.275 e. The number of benzene rings is 1. The molecule has 0 radical (unpaired) electrons. The van der Waals surface area contributed by atoms with Crippen LogP contribution in [0.15, 0.2) is 78.0 Å². The maximum atomic E-state index is 13.1. The number of hydrogen-bond donors (Lipinski definition) is 5. The van der Waals surface area contributed by atoms with Crippen LogP contribution in [-0.2, 0) is 25.8 Å². The number of aliphatic hydroxyl groups is 1. The Labute approximate surface area is 231 Å². The predicted octanol–water partition coefficient (Wildman–Crippen LogP) is 1.16. The van der Waals surface area contributed by atoms with Crippen molar-refractivity contribution < 1.29 is 41.1 Å². The summed E-state index contributed by atoms with van der Waals surface area (Å²) in [4.78, 5) is 25.6. The Morgan fingerprint density at radius 2 is 1.94 bits per heavy atom. The zero-order valence-corrected chi connectivity index (χ0v) is 23.8. The second-order valence-corrected chi connectivity index (χ2v) is 8.42. The van der Waals surface area contributed by atoms with E-state index >= 15 is 0 Å². The van der Waals surface area contributed by atoms with Gasteiger partial charge in [-0.1, -0.05) is 0 Å². The van der Waals surface area contributed by atoms with Crippen LogP contribution in [0.4, 0.5) is 0 Å². The Hall–Kier alpha value is -2.96. The van der Waals surface area contributed by atoms with Crippen LogP contribution in [0.25, 0.3) is 16.1 Å². The van der Waals surface area contributed by atoms with Crippen molar-refractivity contribution in [3.8, 4) is 10.6 Å². The zero-order valence-electron chi connectivity index (χ0n) is 19.4. The normalized spacial score (nSPS) is 14.1. The van der Waals surface area contributed by atoms with Gasteiger partial charge in [0.05, 0.1) is 24.4 Å². The molecule has 2 heterocycles. The van der Waals surface area contributed by atoms with Gasteiger partial charge in [0, 0.05) is 68.0 Å². The number of allylic oxidation sites excluding steroid dienone is 4. The number of aromatic nitrogens is 3. The van der Waals surface area contributed by atoms with Crippen molar-refractivity contribution >= 4 is 28.5 Å². The number of carbonyl (C=O) groups is 1. The van der Waals surface area contributed by atoms with E-state index < -0.39 is 0 Å². The average molecular weight is 666 g/mol. The second kappa shape index (κ2) is 14.0. The third kappa shape index (κ3) is 7.28. The van der Waals surface area contributed by atoms with Crippen LogP contribution < -0.4 is 16.0 Å². The van der Waals surface area contributed by atoms with Gasteiger partial charge in [0.1, 0.15) is 23.2 Å². The van der Waals surface area contributed by atoms with Gasteiger partial charge in [-0.15, -0.1) is 16.9 Å². The molecule has 0 aliphatic heterocycles. The molecule has 0 unspecified atom stereocenters. The molecule has 1 amide bonds. The molecule has 9 nitrogen and oxygen atoms in total. The number of quaternary nitrogens is 1. The fourth-order valence-electron chi connectivity index (χ4n) is 3.37. The summed E-state index contributed by atoms with van der Waals surface area (Å²) in [6, 6.07) is 10.4. The summed E-state index contributed by atoms with van der Waals surface area (Å²) >= 11 is 1.35. The van der Waals surface area contributed by atoms with Crippen LogP contribution >= 0.6 is 11.3 Å². The molecule has 4 rings (SSSR count). The van der Waals surface area contributed by atoms with E-state index in [0.29, 0.717) is 34.2 Å². The summed E-state index contributed by atoms with van der Waals surface area (Å²) in [5.41, 5.74) is 4.29. The molecule has 3 aromatic rings. The van der Waals surface area contributed by atoms with Gasteiger partial charge in [-0.2, -0.15) is 30.3 Å². The number of thiazole rings is 1. The Bertz CT molecular complexity index is 1270. The summed E-state index contributed by atoms with van der Waals surface area (Å²) < 4.78 is 0. The average Bonchev–Trinajstić information content (AvgIpc) is 3.39. The second-order valence-electron chi connectivity index (χ2n) is 7.56. The molecule has 0 fully saturated rings. The number of amides is 1. The molecule has 1 aliphatic rings. The first-order chi connectivity index (χ1) is 17.2. The van der Waals surface area contributed by atoms with E-state index in [4.69, 9.17) is 10.5 Å². The van der Waals surface area contributed by atoms with Crippen molar-refractivity contribution in [2.45, 2.75) is 0 Å². The fourth-order valence-corrected chi connectivity index (χ4v) is 4.14. The molecule has 0 bridgehead atoms. The Morgan fingerprint density at radius 1 is 1.17 bits per heavy atom. The number of nitrogens with two attached hydrogens (primary N) is 1. The van der Waals surface area contributed by atoms with Gasteiger partial charge in [0.2, 0.25) is 0 Å². The number of carbonyl (C=O) groups excluding carboxylic acids is 1. The van der Waals surface area contributed by atoms with E-state index in [1.807, 2.05) is 29.7 Å². The summed E-state index contributed by atoms with van der Waals surface area (Å²) in [5.74, 6) is -0.339. The summed E-state index contributed by atoms with van der Waals surface area (Å²) in [6.07, 6.45) is 10.2. The van der Waals surface area contributed by atoms with Crippen molar-refractivity contribution in [3.63, 3.8) is 0 Å². The number of hydrogen-bond acceptors (Lipinski definition) is 8. The Kier molecular flexibility index (Phi) is 10.7. The van der Waals surface area contributed by atoms with Crippen molar-refractivity contribution in [2.24, 2.45) is 0 Å². The first kappa shape index (κ1) is 27.6. The van der Waals surface area contributed by atoms with Crippen LogP contribution in [0.1, 0.15) is 16.1 Å². The zero-order chi connectivity index (χ0) is 24.5. The van der Waals surface area contributed by atoms with Crippen LogP contribution in [0.3, 0.4) is 0 Å². The number of nitrogens with zero attached hydrogens (tertiary/aromatic N) is 3. The largest absolute Gasteiger partial charge is 0.395 e. The van der Waals surface area contributed by atoms with E-state index in [1.54, 1.807) is 36.0 Å².